The van der Waals surface area contributed by atoms with Gasteiger partial charge in [-0.1, -0.05) is 13.8 Å². The first kappa shape index (κ1) is 16.2. The van der Waals surface area contributed by atoms with Crippen LogP contribution in [-0.2, 0) is 0 Å². The largest absolute Gasteiger partial charge is 0.368 e. The lowest BCUT2D eigenvalue weighted by atomic mass is 10.1. The molecule has 0 bridgehead atoms. The Kier molecular flexibility index (Phi) is 5.94. The third kappa shape index (κ3) is 4.93. The van der Waals surface area contributed by atoms with Gasteiger partial charge in [0.25, 0.3) is 0 Å². The number of aromatic nitrogens is 2. The zero-order chi connectivity index (χ0) is 15.2. The molecule has 0 radical (unpaired) electrons. The monoisotopic (exact) mass is 291 g/mol. The summed E-state index contributed by atoms with van der Waals surface area (Å²) in [6, 6.07) is 0. The first-order valence-corrected chi connectivity index (χ1v) is 8.07. The van der Waals surface area contributed by atoms with Gasteiger partial charge in [-0.25, -0.2) is 4.98 Å². The van der Waals surface area contributed by atoms with Crippen LogP contribution in [0.1, 0.15) is 25.2 Å². The second-order valence-electron chi connectivity index (χ2n) is 6.17. The van der Waals surface area contributed by atoms with E-state index >= 15 is 0 Å². The predicted octanol–water partition coefficient (Wildman–Crippen LogP) is 1.78. The number of hydrogen-bond acceptors (Lipinski definition) is 5. The zero-order valence-corrected chi connectivity index (χ0v) is 13.9. The molecule has 0 unspecified atom stereocenters. The van der Waals surface area contributed by atoms with E-state index in [4.69, 9.17) is 0 Å². The third-order valence-electron chi connectivity index (χ3n) is 4.18. The molecule has 0 aliphatic carbocycles. The highest BCUT2D eigenvalue weighted by Crippen LogP contribution is 2.11. The molecule has 0 aromatic carbocycles. The molecule has 0 amide bonds. The highest BCUT2D eigenvalue weighted by atomic mass is 15.3. The molecule has 1 aromatic heterocycles. The van der Waals surface area contributed by atoms with E-state index in [9.17, 15) is 0 Å². The van der Waals surface area contributed by atoms with Crippen molar-refractivity contribution in [3.63, 3.8) is 0 Å². The fourth-order valence-corrected chi connectivity index (χ4v) is 2.77. The first-order valence-electron chi connectivity index (χ1n) is 8.07. The van der Waals surface area contributed by atoms with Gasteiger partial charge in [-0.2, -0.15) is 0 Å². The van der Waals surface area contributed by atoms with Gasteiger partial charge in [0.05, 0.1) is 11.4 Å². The molecule has 0 spiro atoms. The topological polar surface area (TPSA) is 44.3 Å². The summed E-state index contributed by atoms with van der Waals surface area (Å²) < 4.78 is 0. The van der Waals surface area contributed by atoms with Crippen molar-refractivity contribution in [2.45, 2.75) is 27.7 Å². The molecule has 1 fully saturated rings. The molecule has 1 aliphatic rings. The molecule has 118 valence electrons. The second kappa shape index (κ2) is 7.71. The molecule has 1 atom stereocenters. The fraction of sp³-hybridized carbons (Fsp3) is 0.750. The predicted molar refractivity (Wildman–Crippen MR) is 87.7 cm³/mol. The number of hydrogen-bond donors (Lipinski definition) is 1. The van der Waals surface area contributed by atoms with E-state index in [1.54, 1.807) is 0 Å². The van der Waals surface area contributed by atoms with Crippen LogP contribution >= 0.6 is 0 Å². The maximum atomic E-state index is 4.52. The number of aryl methyl sites for hydroxylation is 2. The Balaban J connectivity index is 1.75. The van der Waals surface area contributed by atoms with Crippen LogP contribution in [0.5, 0.6) is 0 Å². The standard InChI is InChI=1S/C16H29N5/c1-5-20-6-8-21(9-7-20)12-13(2)10-18-16-15(4)17-11-14(3)19-16/h11,13H,5-10,12H2,1-4H3,(H,18,19)/t13-/m1/s1. The van der Waals surface area contributed by atoms with E-state index in [-0.39, 0.29) is 0 Å². The van der Waals surface area contributed by atoms with Crippen LogP contribution in [0.25, 0.3) is 0 Å². The number of nitrogens with one attached hydrogen (secondary N) is 1. The van der Waals surface area contributed by atoms with E-state index in [0.29, 0.717) is 5.92 Å². The van der Waals surface area contributed by atoms with Crippen molar-refractivity contribution in [1.29, 1.82) is 0 Å². The molecule has 21 heavy (non-hydrogen) atoms. The maximum absolute atomic E-state index is 4.52. The third-order valence-corrected chi connectivity index (χ3v) is 4.18. The Morgan fingerprint density at radius 1 is 1.19 bits per heavy atom. The maximum Gasteiger partial charge on any atom is 0.147 e. The molecule has 5 nitrogen and oxygen atoms in total. The van der Waals surface area contributed by atoms with Gasteiger partial charge in [-0.15, -0.1) is 0 Å². The van der Waals surface area contributed by atoms with Crippen LogP contribution in [0.4, 0.5) is 5.82 Å². The summed E-state index contributed by atoms with van der Waals surface area (Å²) >= 11 is 0. The molecular formula is C16H29N5. The normalized spacial score (nSPS) is 18.7. The fourth-order valence-electron chi connectivity index (χ4n) is 2.77. The molecular weight excluding hydrogens is 262 g/mol. The van der Waals surface area contributed by atoms with Crippen molar-refractivity contribution in [1.82, 2.24) is 19.8 Å². The minimum Gasteiger partial charge on any atom is -0.368 e. The molecule has 2 rings (SSSR count). The molecule has 1 aliphatic heterocycles. The van der Waals surface area contributed by atoms with Gasteiger partial charge in [0.1, 0.15) is 5.82 Å². The summed E-state index contributed by atoms with van der Waals surface area (Å²) in [5, 5.41) is 3.45. The first-order chi connectivity index (χ1) is 10.1. The van der Waals surface area contributed by atoms with Gasteiger partial charge >= 0.3 is 0 Å². The van der Waals surface area contributed by atoms with Crippen LogP contribution in [-0.4, -0.2) is 65.6 Å². The number of likely N-dealkylation sites (N-methyl/N-ethyl adjacent to an activating group) is 1. The van der Waals surface area contributed by atoms with Crippen molar-refractivity contribution >= 4 is 5.82 Å². The Hall–Kier alpha value is -1.20. The smallest absolute Gasteiger partial charge is 0.147 e. The van der Waals surface area contributed by atoms with E-state index in [1.807, 2.05) is 20.0 Å². The quantitative estimate of drug-likeness (QED) is 0.865. The molecule has 1 N–H and O–H groups in total. The van der Waals surface area contributed by atoms with E-state index in [1.165, 1.54) is 32.7 Å². The van der Waals surface area contributed by atoms with Gasteiger partial charge in [-0.3, -0.25) is 4.98 Å². The average molecular weight is 291 g/mol. The van der Waals surface area contributed by atoms with E-state index in [2.05, 4.69) is 38.9 Å². The lowest BCUT2D eigenvalue weighted by Gasteiger charge is -2.35. The minimum atomic E-state index is 0.611. The van der Waals surface area contributed by atoms with Crippen molar-refractivity contribution in [2.24, 2.45) is 5.92 Å². The lowest BCUT2D eigenvalue weighted by molar-refractivity contribution is 0.126. The van der Waals surface area contributed by atoms with Gasteiger partial charge in [0.15, 0.2) is 0 Å². The molecule has 1 aromatic rings. The van der Waals surface area contributed by atoms with Crippen LogP contribution in [0, 0.1) is 19.8 Å². The summed E-state index contributed by atoms with van der Waals surface area (Å²) in [5.41, 5.74) is 1.94. The van der Waals surface area contributed by atoms with Crippen molar-refractivity contribution in [2.75, 3.05) is 51.1 Å². The van der Waals surface area contributed by atoms with Gasteiger partial charge in [-0.05, 0) is 26.3 Å². The molecule has 0 saturated carbocycles. The van der Waals surface area contributed by atoms with Crippen molar-refractivity contribution < 1.29 is 0 Å². The Bertz CT molecular complexity index is 440. The SMILES string of the molecule is CCN1CCN(C[C@H](C)CNc2nc(C)cnc2C)CC1. The van der Waals surface area contributed by atoms with E-state index < -0.39 is 0 Å². The summed E-state index contributed by atoms with van der Waals surface area (Å²) in [7, 11) is 0. The summed E-state index contributed by atoms with van der Waals surface area (Å²) in [4.78, 5) is 14.0. The van der Waals surface area contributed by atoms with Gasteiger partial charge in [0.2, 0.25) is 0 Å². The van der Waals surface area contributed by atoms with Gasteiger partial charge in [0, 0.05) is 45.5 Å². The van der Waals surface area contributed by atoms with Crippen LogP contribution in [0.2, 0.25) is 0 Å². The summed E-state index contributed by atoms with van der Waals surface area (Å²) in [6.07, 6.45) is 1.82. The highest BCUT2D eigenvalue weighted by Gasteiger charge is 2.17. The minimum absolute atomic E-state index is 0.611. The van der Waals surface area contributed by atoms with Gasteiger partial charge < -0.3 is 15.1 Å². The zero-order valence-electron chi connectivity index (χ0n) is 13.9. The highest BCUT2D eigenvalue weighted by molar-refractivity contribution is 5.39. The summed E-state index contributed by atoms with van der Waals surface area (Å²) in [5.74, 6) is 1.54. The Labute approximate surface area is 128 Å². The van der Waals surface area contributed by atoms with Crippen molar-refractivity contribution in [3.8, 4) is 0 Å². The molecule has 5 heteroatoms. The van der Waals surface area contributed by atoms with E-state index in [0.717, 1.165) is 30.3 Å². The van der Waals surface area contributed by atoms with Crippen molar-refractivity contribution in [3.05, 3.63) is 17.6 Å². The van der Waals surface area contributed by atoms with Crippen LogP contribution < -0.4 is 5.32 Å². The number of anilines is 1. The van der Waals surface area contributed by atoms with Crippen LogP contribution in [0.3, 0.4) is 0 Å². The average Bonchev–Trinajstić information content (AvgIpc) is 2.49. The number of nitrogens with zero attached hydrogens (tertiary/aromatic N) is 4. The summed E-state index contributed by atoms with van der Waals surface area (Å²) in [6.45, 7) is 16.6. The Morgan fingerprint density at radius 3 is 2.52 bits per heavy atom. The number of piperazine rings is 1. The second-order valence-corrected chi connectivity index (χ2v) is 6.17. The lowest BCUT2D eigenvalue weighted by Crippen LogP contribution is -2.47. The molecule has 1 saturated heterocycles. The molecule has 2 heterocycles. The Morgan fingerprint density at radius 2 is 1.86 bits per heavy atom. The number of rotatable bonds is 6. The van der Waals surface area contributed by atoms with Crippen LogP contribution in [0.15, 0.2) is 6.20 Å².